The summed E-state index contributed by atoms with van der Waals surface area (Å²) in [6, 6.07) is 8.71. The Labute approximate surface area is 109 Å². The van der Waals surface area contributed by atoms with Crippen LogP contribution in [0.4, 0.5) is 0 Å². The van der Waals surface area contributed by atoms with E-state index in [1.54, 1.807) is 24.3 Å². The molecule has 0 saturated carbocycles. The predicted molar refractivity (Wildman–Crippen MR) is 28.1 cm³/mol. The van der Waals surface area contributed by atoms with Gasteiger partial charge in [0.05, 0.1) is 0 Å². The van der Waals surface area contributed by atoms with E-state index in [1.165, 1.54) is 0 Å². The van der Waals surface area contributed by atoms with Crippen molar-refractivity contribution in [2.75, 3.05) is 0 Å². The molecule has 0 fully saturated rings. The molecule has 1 radical (unpaired) electrons. The smallest absolute Gasteiger partial charge is 1.00 e. The van der Waals surface area contributed by atoms with Crippen molar-refractivity contribution in [2.24, 2.45) is 0 Å². The molecule has 0 heterocycles. The van der Waals surface area contributed by atoms with Crippen LogP contribution < -0.4 is 49.6 Å². The Morgan fingerprint density at radius 2 is 1.08 bits per heavy atom. The predicted octanol–water partition coefficient (Wildman–Crippen LogP) is -10.6. The number of benzene rings is 1. The maximum Gasteiger partial charge on any atom is 4.00 e. The fourth-order valence-electron chi connectivity index (χ4n) is 0.428. The molecule has 6 heteroatoms. The Bertz CT molecular complexity index is 149. The molecular formula is C6H6Cl4OV. The minimum absolute atomic E-state index is 0. The van der Waals surface area contributed by atoms with Crippen molar-refractivity contribution in [1.29, 1.82) is 0 Å². The van der Waals surface area contributed by atoms with Gasteiger partial charge in [0.25, 0.3) is 0 Å². The van der Waals surface area contributed by atoms with Crippen LogP contribution in [0.2, 0.25) is 0 Å². The average molecular weight is 287 g/mol. The first kappa shape index (κ1) is 29.3. The maximum absolute atomic E-state index is 8.63. The number of hydrogen-bond acceptors (Lipinski definition) is 1. The van der Waals surface area contributed by atoms with E-state index in [0.717, 1.165) is 0 Å². The van der Waals surface area contributed by atoms with E-state index in [9.17, 15) is 0 Å². The van der Waals surface area contributed by atoms with Gasteiger partial charge in [0.2, 0.25) is 0 Å². The van der Waals surface area contributed by atoms with E-state index in [0.29, 0.717) is 5.75 Å². The summed E-state index contributed by atoms with van der Waals surface area (Å²) in [7, 11) is 0. The molecule has 12 heavy (non-hydrogen) atoms. The van der Waals surface area contributed by atoms with Gasteiger partial charge in [-0.2, -0.15) is 0 Å². The molecule has 1 aromatic carbocycles. The Morgan fingerprint density at radius 1 is 0.750 bits per heavy atom. The van der Waals surface area contributed by atoms with Crippen LogP contribution in [0.1, 0.15) is 0 Å². The third-order valence-electron chi connectivity index (χ3n) is 0.756. The number of phenolic OH excluding ortho intramolecular Hbond substituents is 1. The fourth-order valence-corrected chi connectivity index (χ4v) is 0.428. The molecule has 1 N–H and O–H groups in total. The second kappa shape index (κ2) is 17.7. The molecule has 0 aliphatic heterocycles. The Balaban J connectivity index is -0.0000000327. The van der Waals surface area contributed by atoms with Gasteiger partial charge in [-0.1, -0.05) is 18.2 Å². The van der Waals surface area contributed by atoms with Crippen LogP contribution in [0.15, 0.2) is 30.3 Å². The quantitative estimate of drug-likeness (QED) is 0.502. The first-order chi connectivity index (χ1) is 3.39. The van der Waals surface area contributed by atoms with Crippen molar-refractivity contribution >= 4 is 0 Å². The maximum atomic E-state index is 8.63. The van der Waals surface area contributed by atoms with Crippen LogP contribution in [0.25, 0.3) is 0 Å². The van der Waals surface area contributed by atoms with Gasteiger partial charge in [0, 0.05) is 0 Å². The molecule has 1 rings (SSSR count). The molecule has 0 saturated heterocycles. The monoisotopic (exact) mass is 285 g/mol. The summed E-state index contributed by atoms with van der Waals surface area (Å²) in [6.07, 6.45) is 0. The standard InChI is InChI=1S/C6H6O.4ClH.V/c7-6-4-2-1-3-5-6;;;;;/h1-5,7H;4*1H;/q;;;;;+4/p-4. The van der Waals surface area contributed by atoms with Gasteiger partial charge in [-0.3, -0.25) is 0 Å². The normalized spacial score (nSPS) is 5.00. The SMILES string of the molecule is Oc1ccccc1.[Cl-].[Cl-].[Cl-].[Cl-].[V+4]. The van der Waals surface area contributed by atoms with E-state index in [1.807, 2.05) is 6.07 Å². The van der Waals surface area contributed by atoms with Gasteiger partial charge in [0.1, 0.15) is 5.75 Å². The summed E-state index contributed by atoms with van der Waals surface area (Å²) in [6.45, 7) is 0. The fraction of sp³-hybridized carbons (Fsp3) is 0. The average Bonchev–Trinajstić information content (AvgIpc) is 1.69. The second-order valence-electron chi connectivity index (χ2n) is 1.34. The minimum Gasteiger partial charge on any atom is -1.00 e. The summed E-state index contributed by atoms with van der Waals surface area (Å²) in [5.74, 6) is 0.322. The van der Waals surface area contributed by atoms with Crippen LogP contribution in [0.3, 0.4) is 0 Å². The van der Waals surface area contributed by atoms with Gasteiger partial charge in [-0.05, 0) is 12.1 Å². The van der Waals surface area contributed by atoms with Crippen molar-refractivity contribution in [1.82, 2.24) is 0 Å². The van der Waals surface area contributed by atoms with Crippen LogP contribution >= 0.6 is 0 Å². The summed E-state index contributed by atoms with van der Waals surface area (Å²) >= 11 is 0. The van der Waals surface area contributed by atoms with Gasteiger partial charge in [-0.15, -0.1) is 0 Å². The molecule has 0 aromatic heterocycles. The molecule has 0 aliphatic carbocycles. The Morgan fingerprint density at radius 3 is 1.25 bits per heavy atom. The third-order valence-corrected chi connectivity index (χ3v) is 0.756. The van der Waals surface area contributed by atoms with Crippen LogP contribution in [-0.2, 0) is 18.6 Å². The first-order valence-corrected chi connectivity index (χ1v) is 2.13. The molecule has 0 atom stereocenters. The number of para-hydroxylation sites is 1. The molecule has 0 aliphatic rings. The zero-order chi connectivity index (χ0) is 5.11. The van der Waals surface area contributed by atoms with E-state index in [-0.39, 0.29) is 68.2 Å². The summed E-state index contributed by atoms with van der Waals surface area (Å²) < 4.78 is 0. The summed E-state index contributed by atoms with van der Waals surface area (Å²) in [4.78, 5) is 0. The van der Waals surface area contributed by atoms with Crippen LogP contribution in [0, 0.1) is 0 Å². The van der Waals surface area contributed by atoms with Crippen molar-refractivity contribution in [2.45, 2.75) is 0 Å². The Hall–Kier alpha value is 0.764. The molecule has 0 bridgehead atoms. The number of phenols is 1. The van der Waals surface area contributed by atoms with E-state index in [2.05, 4.69) is 0 Å². The van der Waals surface area contributed by atoms with Gasteiger partial charge < -0.3 is 54.7 Å². The van der Waals surface area contributed by atoms with E-state index < -0.39 is 0 Å². The summed E-state index contributed by atoms with van der Waals surface area (Å²) in [5, 5.41) is 8.63. The van der Waals surface area contributed by atoms with Gasteiger partial charge in [-0.25, -0.2) is 0 Å². The number of hydrogen-bond donors (Lipinski definition) is 1. The van der Waals surface area contributed by atoms with Gasteiger partial charge >= 0.3 is 18.6 Å². The Kier molecular flexibility index (Phi) is 43.3. The second-order valence-corrected chi connectivity index (χ2v) is 1.34. The number of aromatic hydroxyl groups is 1. The molecule has 69 valence electrons. The van der Waals surface area contributed by atoms with Crippen molar-refractivity contribution in [3.05, 3.63) is 30.3 Å². The molecule has 0 amide bonds. The van der Waals surface area contributed by atoms with Crippen LogP contribution in [0.5, 0.6) is 5.75 Å². The molecule has 1 aromatic rings. The zero-order valence-electron chi connectivity index (χ0n) is 5.79. The minimum atomic E-state index is 0. The van der Waals surface area contributed by atoms with E-state index in [4.69, 9.17) is 5.11 Å². The molecule has 0 spiro atoms. The third kappa shape index (κ3) is 13.4. The molecule has 0 unspecified atom stereocenters. The van der Waals surface area contributed by atoms with Crippen molar-refractivity contribution in [3.8, 4) is 5.75 Å². The van der Waals surface area contributed by atoms with E-state index >= 15 is 0 Å². The topological polar surface area (TPSA) is 20.2 Å². The van der Waals surface area contributed by atoms with Crippen molar-refractivity contribution in [3.63, 3.8) is 0 Å². The largest absolute Gasteiger partial charge is 4.00 e. The zero-order valence-corrected chi connectivity index (χ0v) is 10.2. The van der Waals surface area contributed by atoms with Crippen molar-refractivity contribution < 1.29 is 73.3 Å². The van der Waals surface area contributed by atoms with Crippen LogP contribution in [-0.4, -0.2) is 5.11 Å². The number of halogens is 4. The van der Waals surface area contributed by atoms with Gasteiger partial charge in [0.15, 0.2) is 0 Å². The first-order valence-electron chi connectivity index (χ1n) is 2.13. The number of rotatable bonds is 0. The molecule has 1 nitrogen and oxygen atoms in total. The summed E-state index contributed by atoms with van der Waals surface area (Å²) in [5.41, 5.74) is 0. The molecular weight excluding hydrogens is 281 g/mol.